The Morgan fingerprint density at radius 3 is 1.45 bits per heavy atom. The first kappa shape index (κ1) is 21.6. The fourth-order valence-electron chi connectivity index (χ4n) is 4.04. The summed E-state index contributed by atoms with van der Waals surface area (Å²) in [6.07, 6.45) is -7.21. The first-order valence-corrected chi connectivity index (χ1v) is 10.2. The summed E-state index contributed by atoms with van der Waals surface area (Å²) in [6.45, 7) is -0.138. The van der Waals surface area contributed by atoms with Crippen LogP contribution in [-0.4, -0.2) is 57.7 Å². The van der Waals surface area contributed by atoms with Gasteiger partial charge in [-0.2, -0.15) is 0 Å². The van der Waals surface area contributed by atoms with Gasteiger partial charge in [0.25, 0.3) is 0 Å². The highest BCUT2D eigenvalue weighted by molar-refractivity contribution is 5.47. The van der Waals surface area contributed by atoms with Gasteiger partial charge < -0.3 is 29.9 Å². The first-order valence-electron chi connectivity index (χ1n) is 10.2. The Kier molecular flexibility index (Phi) is 6.48. The lowest BCUT2D eigenvalue weighted by Gasteiger charge is -2.41. The van der Waals surface area contributed by atoms with Crippen molar-refractivity contribution in [3.05, 3.63) is 108 Å². The third-order valence-electron chi connectivity index (χ3n) is 5.69. The van der Waals surface area contributed by atoms with Crippen LogP contribution < -0.4 is 0 Å². The van der Waals surface area contributed by atoms with Crippen molar-refractivity contribution in [3.8, 4) is 0 Å². The molecule has 0 bridgehead atoms. The van der Waals surface area contributed by atoms with E-state index < -0.39 is 36.3 Å². The van der Waals surface area contributed by atoms with Crippen molar-refractivity contribution < 1.29 is 29.9 Å². The van der Waals surface area contributed by atoms with Crippen LogP contribution in [0.2, 0.25) is 0 Å². The second kappa shape index (κ2) is 9.28. The Morgan fingerprint density at radius 1 is 0.613 bits per heavy atom. The van der Waals surface area contributed by atoms with Gasteiger partial charge in [0.1, 0.15) is 30.0 Å². The van der Waals surface area contributed by atoms with Crippen molar-refractivity contribution in [3.63, 3.8) is 0 Å². The van der Waals surface area contributed by atoms with E-state index in [1.165, 1.54) is 0 Å². The number of rotatable bonds is 6. The topological polar surface area (TPSA) is 99.4 Å². The molecule has 0 spiro atoms. The van der Waals surface area contributed by atoms with E-state index in [0.29, 0.717) is 0 Å². The molecule has 162 valence electrons. The van der Waals surface area contributed by atoms with Crippen molar-refractivity contribution >= 4 is 0 Å². The molecule has 0 radical (unpaired) electrons. The predicted octanol–water partition coefficient (Wildman–Crippen LogP) is 1.79. The number of ether oxygens (including phenoxy) is 2. The molecule has 1 fully saturated rings. The normalized spacial score (nSPS) is 26.5. The maximum absolute atomic E-state index is 10.4. The summed E-state index contributed by atoms with van der Waals surface area (Å²) in [5.74, 6) is 0. The monoisotopic (exact) mass is 422 g/mol. The minimum atomic E-state index is -1.62. The van der Waals surface area contributed by atoms with Crippen LogP contribution in [0.15, 0.2) is 91.0 Å². The highest BCUT2D eigenvalue weighted by Crippen LogP contribution is 2.41. The van der Waals surface area contributed by atoms with E-state index >= 15 is 0 Å². The molecule has 0 aliphatic carbocycles. The lowest BCUT2D eigenvalue weighted by atomic mass is 9.80. The molecule has 3 aromatic carbocycles. The van der Waals surface area contributed by atoms with Gasteiger partial charge in [-0.1, -0.05) is 91.0 Å². The Labute approximate surface area is 180 Å². The summed E-state index contributed by atoms with van der Waals surface area (Å²) in [5.41, 5.74) is 1.59. The van der Waals surface area contributed by atoms with Crippen LogP contribution in [0.3, 0.4) is 0 Å². The summed E-state index contributed by atoms with van der Waals surface area (Å²) in [6, 6.07) is 29.1. The van der Waals surface area contributed by atoms with Gasteiger partial charge in [0.15, 0.2) is 6.29 Å². The zero-order chi connectivity index (χ0) is 21.8. The van der Waals surface area contributed by atoms with Gasteiger partial charge in [-0.15, -0.1) is 0 Å². The standard InChI is InChI=1S/C25H26O6/c26-21-20(31-24(29)23(28)22(21)27)16-30-25(17-10-4-1-5-11-17,18-12-6-2-7-13-18)19-14-8-3-9-15-19/h1-15,20-24,26-29H,16H2/t20-,21+,22+,23-,24-/m1/s1. The Hall–Kier alpha value is -2.58. The molecule has 4 N–H and O–H groups in total. The van der Waals surface area contributed by atoms with Crippen LogP contribution >= 0.6 is 0 Å². The zero-order valence-electron chi connectivity index (χ0n) is 16.9. The predicted molar refractivity (Wildman–Crippen MR) is 114 cm³/mol. The van der Waals surface area contributed by atoms with E-state index in [1.807, 2.05) is 91.0 Å². The Morgan fingerprint density at radius 2 is 1.03 bits per heavy atom. The van der Waals surface area contributed by atoms with E-state index in [1.54, 1.807) is 0 Å². The highest BCUT2D eigenvalue weighted by Gasteiger charge is 2.45. The van der Waals surface area contributed by atoms with Gasteiger partial charge in [0.05, 0.1) is 6.61 Å². The van der Waals surface area contributed by atoms with Crippen LogP contribution in [0.4, 0.5) is 0 Å². The minimum absolute atomic E-state index is 0.138. The number of hydrogen-bond donors (Lipinski definition) is 4. The highest BCUT2D eigenvalue weighted by atomic mass is 16.6. The second-order valence-corrected chi connectivity index (χ2v) is 7.63. The molecule has 6 nitrogen and oxygen atoms in total. The van der Waals surface area contributed by atoms with Crippen molar-refractivity contribution in [1.82, 2.24) is 0 Å². The first-order chi connectivity index (χ1) is 15.0. The van der Waals surface area contributed by atoms with Gasteiger partial charge in [0.2, 0.25) is 0 Å². The van der Waals surface area contributed by atoms with Crippen LogP contribution in [0, 0.1) is 0 Å². The largest absolute Gasteiger partial charge is 0.387 e. The molecule has 1 aliphatic rings. The van der Waals surface area contributed by atoms with Crippen LogP contribution in [-0.2, 0) is 15.1 Å². The smallest absolute Gasteiger partial charge is 0.184 e. The number of aliphatic hydroxyl groups is 4. The molecule has 3 aromatic rings. The number of benzene rings is 3. The molecule has 5 atom stereocenters. The third-order valence-corrected chi connectivity index (χ3v) is 5.69. The molecule has 6 heteroatoms. The third kappa shape index (κ3) is 4.14. The number of hydrogen-bond acceptors (Lipinski definition) is 6. The summed E-state index contributed by atoms with van der Waals surface area (Å²) >= 11 is 0. The maximum atomic E-state index is 10.4. The fraction of sp³-hybridized carbons (Fsp3) is 0.280. The van der Waals surface area contributed by atoms with E-state index in [4.69, 9.17) is 9.47 Å². The lowest BCUT2D eigenvalue weighted by molar-refractivity contribution is -0.291. The molecule has 1 aliphatic heterocycles. The van der Waals surface area contributed by atoms with E-state index in [-0.39, 0.29) is 6.61 Å². The summed E-state index contributed by atoms with van der Waals surface area (Å²) < 4.78 is 11.9. The molecule has 4 rings (SSSR count). The maximum Gasteiger partial charge on any atom is 0.184 e. The van der Waals surface area contributed by atoms with Crippen molar-refractivity contribution in [2.24, 2.45) is 0 Å². The molecular formula is C25H26O6. The fourth-order valence-corrected chi connectivity index (χ4v) is 4.04. The van der Waals surface area contributed by atoms with Gasteiger partial charge in [-0.05, 0) is 16.7 Å². The lowest BCUT2D eigenvalue weighted by Crippen LogP contribution is -2.59. The van der Waals surface area contributed by atoms with Crippen molar-refractivity contribution in [2.45, 2.75) is 36.3 Å². The number of aliphatic hydroxyl groups excluding tert-OH is 4. The second-order valence-electron chi connectivity index (χ2n) is 7.63. The summed E-state index contributed by atoms with van der Waals surface area (Å²) in [7, 11) is 0. The van der Waals surface area contributed by atoms with Crippen LogP contribution in [0.25, 0.3) is 0 Å². The van der Waals surface area contributed by atoms with Crippen LogP contribution in [0.5, 0.6) is 0 Å². The zero-order valence-corrected chi connectivity index (χ0v) is 16.9. The average molecular weight is 422 g/mol. The van der Waals surface area contributed by atoms with Gasteiger partial charge >= 0.3 is 0 Å². The molecule has 31 heavy (non-hydrogen) atoms. The molecule has 1 heterocycles. The minimum Gasteiger partial charge on any atom is -0.387 e. The Balaban J connectivity index is 1.78. The Bertz CT molecular complexity index is 853. The summed E-state index contributed by atoms with van der Waals surface area (Å²) in [5, 5.41) is 40.2. The molecule has 1 saturated heterocycles. The van der Waals surface area contributed by atoms with E-state index in [2.05, 4.69) is 0 Å². The van der Waals surface area contributed by atoms with E-state index in [0.717, 1.165) is 16.7 Å². The van der Waals surface area contributed by atoms with E-state index in [9.17, 15) is 20.4 Å². The molecule has 0 unspecified atom stereocenters. The van der Waals surface area contributed by atoms with Gasteiger partial charge in [0, 0.05) is 0 Å². The quantitative estimate of drug-likeness (QED) is 0.452. The summed E-state index contributed by atoms with van der Waals surface area (Å²) in [4.78, 5) is 0. The van der Waals surface area contributed by atoms with Gasteiger partial charge in [-0.25, -0.2) is 0 Å². The molecule has 0 saturated carbocycles. The van der Waals surface area contributed by atoms with Crippen molar-refractivity contribution in [1.29, 1.82) is 0 Å². The van der Waals surface area contributed by atoms with Crippen LogP contribution in [0.1, 0.15) is 16.7 Å². The molecular weight excluding hydrogens is 396 g/mol. The molecule has 0 amide bonds. The molecule has 0 aromatic heterocycles. The SMILES string of the molecule is O[C@@H]1[C@@H](O)[C@H](O)O[C@H](COC(c2ccccc2)(c2ccccc2)c2ccccc2)[C@@H]1O. The van der Waals surface area contributed by atoms with Crippen molar-refractivity contribution in [2.75, 3.05) is 6.61 Å². The van der Waals surface area contributed by atoms with Gasteiger partial charge in [-0.3, -0.25) is 0 Å². The average Bonchev–Trinajstić information content (AvgIpc) is 2.83.